The Hall–Kier alpha value is -2.35. The topological polar surface area (TPSA) is 85.1 Å². The molecule has 20 heavy (non-hydrogen) atoms. The van der Waals surface area contributed by atoms with Crippen molar-refractivity contribution in [3.63, 3.8) is 0 Å². The molecule has 6 nitrogen and oxygen atoms in total. The molecule has 1 heterocycles. The Kier molecular flexibility index (Phi) is 4.04. The lowest BCUT2D eigenvalue weighted by atomic mass is 10.2. The third-order valence-electron chi connectivity index (χ3n) is 2.38. The lowest BCUT2D eigenvalue weighted by molar-refractivity contribution is -0.384. The maximum absolute atomic E-state index is 13.1. The normalized spacial score (nSPS) is 10.1. The van der Waals surface area contributed by atoms with Crippen molar-refractivity contribution in [3.05, 3.63) is 62.6 Å². The lowest BCUT2D eigenvalue weighted by Crippen LogP contribution is -2.15. The molecule has 1 aromatic carbocycles. The predicted molar refractivity (Wildman–Crippen MR) is 72.9 cm³/mol. The Bertz CT molecular complexity index is 693. The molecular weight excluding hydrogens is 333 g/mol. The highest BCUT2D eigenvalue weighted by atomic mass is 79.9. The number of nitrogens with zero attached hydrogens (tertiary/aromatic N) is 2. The fraction of sp³-hybridized carbons (Fsp3) is 0. The molecule has 1 aromatic heterocycles. The summed E-state index contributed by atoms with van der Waals surface area (Å²) in [7, 11) is 0. The average Bonchev–Trinajstić information content (AvgIpc) is 2.38. The van der Waals surface area contributed by atoms with E-state index in [9.17, 15) is 19.3 Å². The van der Waals surface area contributed by atoms with Crippen LogP contribution in [0.3, 0.4) is 0 Å². The number of nitro benzene ring substituents is 1. The van der Waals surface area contributed by atoms with E-state index in [1.165, 1.54) is 6.20 Å². The summed E-state index contributed by atoms with van der Waals surface area (Å²) in [6.07, 6.45) is 1.40. The Labute approximate surface area is 120 Å². The van der Waals surface area contributed by atoms with Crippen molar-refractivity contribution >= 4 is 33.2 Å². The summed E-state index contributed by atoms with van der Waals surface area (Å²) in [5, 5.41) is 13.1. The summed E-state index contributed by atoms with van der Waals surface area (Å²) in [5.74, 6) is -1.36. The van der Waals surface area contributed by atoms with Crippen LogP contribution >= 0.6 is 15.9 Å². The highest BCUT2D eigenvalue weighted by Crippen LogP contribution is 2.26. The molecule has 0 aliphatic carbocycles. The molecule has 1 N–H and O–H groups in total. The quantitative estimate of drug-likeness (QED) is 0.687. The van der Waals surface area contributed by atoms with Crippen LogP contribution in [0.15, 0.2) is 41.0 Å². The van der Waals surface area contributed by atoms with Crippen LogP contribution in [0.25, 0.3) is 0 Å². The number of nitrogens with one attached hydrogen (secondary N) is 1. The number of hydrogen-bond acceptors (Lipinski definition) is 4. The number of halogens is 2. The van der Waals surface area contributed by atoms with E-state index in [0.717, 1.165) is 18.2 Å². The molecule has 0 aliphatic rings. The van der Waals surface area contributed by atoms with Gasteiger partial charge in [0.25, 0.3) is 11.6 Å². The lowest BCUT2D eigenvalue weighted by Gasteiger charge is -2.06. The zero-order valence-electron chi connectivity index (χ0n) is 9.84. The van der Waals surface area contributed by atoms with Gasteiger partial charge in [0, 0.05) is 22.8 Å². The minimum Gasteiger partial charge on any atom is -0.315 e. The number of nitro groups is 1. The van der Waals surface area contributed by atoms with E-state index in [4.69, 9.17) is 0 Å². The monoisotopic (exact) mass is 339 g/mol. The number of benzene rings is 1. The van der Waals surface area contributed by atoms with Gasteiger partial charge in [0.15, 0.2) is 0 Å². The number of pyridine rings is 1. The smallest absolute Gasteiger partial charge is 0.292 e. The fourth-order valence-electron chi connectivity index (χ4n) is 1.50. The molecule has 0 bridgehead atoms. The van der Waals surface area contributed by atoms with Crippen LogP contribution in [0.4, 0.5) is 15.8 Å². The largest absolute Gasteiger partial charge is 0.315 e. The SMILES string of the molecule is O=C(Nc1cc(F)ccc1[N+](=O)[O-])c1ncccc1Br. The van der Waals surface area contributed by atoms with Crippen LogP contribution in [-0.4, -0.2) is 15.8 Å². The maximum Gasteiger partial charge on any atom is 0.292 e. The number of hydrogen-bond donors (Lipinski definition) is 1. The summed E-state index contributed by atoms with van der Waals surface area (Å²) >= 11 is 3.14. The van der Waals surface area contributed by atoms with E-state index in [-0.39, 0.29) is 11.4 Å². The zero-order chi connectivity index (χ0) is 14.7. The number of rotatable bonds is 3. The van der Waals surface area contributed by atoms with Crippen molar-refractivity contribution in [1.29, 1.82) is 0 Å². The summed E-state index contributed by atoms with van der Waals surface area (Å²) in [6, 6.07) is 6.03. The van der Waals surface area contributed by atoms with E-state index >= 15 is 0 Å². The number of anilines is 1. The molecule has 0 atom stereocenters. The number of aromatic nitrogens is 1. The van der Waals surface area contributed by atoms with E-state index < -0.39 is 22.3 Å². The van der Waals surface area contributed by atoms with Gasteiger partial charge in [-0.2, -0.15) is 0 Å². The van der Waals surface area contributed by atoms with Crippen LogP contribution in [-0.2, 0) is 0 Å². The molecule has 2 aromatic rings. The Morgan fingerprint density at radius 2 is 2.15 bits per heavy atom. The molecule has 2 rings (SSSR count). The second-order valence-corrected chi connectivity index (χ2v) is 4.56. The summed E-state index contributed by atoms with van der Waals surface area (Å²) in [4.78, 5) is 25.9. The van der Waals surface area contributed by atoms with Gasteiger partial charge in [-0.15, -0.1) is 0 Å². The first kappa shape index (κ1) is 14.1. The van der Waals surface area contributed by atoms with Gasteiger partial charge in [-0.05, 0) is 34.1 Å². The van der Waals surface area contributed by atoms with Gasteiger partial charge in [-0.1, -0.05) is 0 Å². The molecule has 8 heteroatoms. The maximum atomic E-state index is 13.1. The summed E-state index contributed by atoms with van der Waals surface area (Å²) in [5.41, 5.74) is -0.574. The Morgan fingerprint density at radius 3 is 2.80 bits per heavy atom. The number of carbonyl (C=O) groups excluding carboxylic acids is 1. The molecule has 0 aliphatic heterocycles. The molecule has 0 spiro atoms. The van der Waals surface area contributed by atoms with Crippen LogP contribution in [0.2, 0.25) is 0 Å². The first-order valence-electron chi connectivity index (χ1n) is 5.35. The second kappa shape index (κ2) is 5.74. The molecular formula is C12H7BrFN3O3. The molecule has 0 fully saturated rings. The van der Waals surface area contributed by atoms with Gasteiger partial charge in [0.1, 0.15) is 17.2 Å². The van der Waals surface area contributed by atoms with Gasteiger partial charge in [-0.25, -0.2) is 9.37 Å². The number of carbonyl (C=O) groups is 1. The Morgan fingerprint density at radius 1 is 1.40 bits per heavy atom. The third kappa shape index (κ3) is 2.97. The molecule has 102 valence electrons. The number of amides is 1. The van der Waals surface area contributed by atoms with Gasteiger partial charge in [0.05, 0.1) is 4.92 Å². The van der Waals surface area contributed by atoms with Crippen molar-refractivity contribution < 1.29 is 14.1 Å². The van der Waals surface area contributed by atoms with Crippen LogP contribution in [0, 0.1) is 15.9 Å². The first-order valence-corrected chi connectivity index (χ1v) is 6.14. The van der Waals surface area contributed by atoms with Gasteiger partial charge in [-0.3, -0.25) is 14.9 Å². The zero-order valence-corrected chi connectivity index (χ0v) is 11.4. The summed E-state index contributed by atoms with van der Waals surface area (Å²) < 4.78 is 13.6. The molecule has 0 saturated heterocycles. The molecule has 0 saturated carbocycles. The third-order valence-corrected chi connectivity index (χ3v) is 3.02. The van der Waals surface area contributed by atoms with Crippen molar-refractivity contribution in [2.24, 2.45) is 0 Å². The standard InChI is InChI=1S/C12H7BrFN3O3/c13-8-2-1-5-15-11(8)12(18)16-9-6-7(14)3-4-10(9)17(19)20/h1-6H,(H,16,18). The van der Waals surface area contributed by atoms with E-state index in [1.807, 2.05) is 0 Å². The van der Waals surface area contributed by atoms with Crippen molar-refractivity contribution in [3.8, 4) is 0 Å². The predicted octanol–water partition coefficient (Wildman–Crippen LogP) is 3.14. The molecule has 0 unspecified atom stereocenters. The summed E-state index contributed by atoms with van der Waals surface area (Å²) in [6.45, 7) is 0. The van der Waals surface area contributed by atoms with Gasteiger partial charge in [0.2, 0.25) is 0 Å². The highest BCUT2D eigenvalue weighted by molar-refractivity contribution is 9.10. The van der Waals surface area contributed by atoms with E-state index in [1.54, 1.807) is 12.1 Å². The van der Waals surface area contributed by atoms with Crippen molar-refractivity contribution in [2.75, 3.05) is 5.32 Å². The van der Waals surface area contributed by atoms with Crippen molar-refractivity contribution in [2.45, 2.75) is 0 Å². The van der Waals surface area contributed by atoms with Gasteiger partial charge >= 0.3 is 0 Å². The highest BCUT2D eigenvalue weighted by Gasteiger charge is 2.19. The first-order chi connectivity index (χ1) is 9.49. The van der Waals surface area contributed by atoms with Gasteiger partial charge < -0.3 is 5.32 Å². The minimum atomic E-state index is -0.706. The molecule has 1 amide bonds. The average molecular weight is 340 g/mol. The second-order valence-electron chi connectivity index (χ2n) is 3.71. The van der Waals surface area contributed by atoms with E-state index in [2.05, 4.69) is 26.2 Å². The molecule has 0 radical (unpaired) electrons. The van der Waals surface area contributed by atoms with Crippen molar-refractivity contribution in [1.82, 2.24) is 4.98 Å². The Balaban J connectivity index is 2.35. The fourth-order valence-corrected chi connectivity index (χ4v) is 1.94. The minimum absolute atomic E-state index is 0.0473. The van der Waals surface area contributed by atoms with Crippen LogP contribution < -0.4 is 5.32 Å². The van der Waals surface area contributed by atoms with Crippen LogP contribution in [0.1, 0.15) is 10.5 Å². The van der Waals surface area contributed by atoms with Crippen LogP contribution in [0.5, 0.6) is 0 Å². The van der Waals surface area contributed by atoms with E-state index in [0.29, 0.717) is 4.47 Å².